The van der Waals surface area contributed by atoms with Gasteiger partial charge in [0.15, 0.2) is 0 Å². The van der Waals surface area contributed by atoms with Crippen molar-refractivity contribution in [2.75, 3.05) is 0 Å². The topological polar surface area (TPSA) is 46.9 Å². The van der Waals surface area contributed by atoms with Crippen LogP contribution >= 0.6 is 15.9 Å². The fraction of sp³-hybridized carbons (Fsp3) is 0.231. The Morgan fingerprint density at radius 2 is 2.06 bits per heavy atom. The van der Waals surface area contributed by atoms with Crippen LogP contribution in [0.5, 0.6) is 0 Å². The molecular weight excluding hydrogens is 294 g/mol. The Bertz CT molecular complexity index is 541. The normalized spacial score (nSPS) is 10.4. The quantitative estimate of drug-likeness (QED) is 0.946. The summed E-state index contributed by atoms with van der Waals surface area (Å²) in [5.74, 6) is -0.151. The van der Waals surface area contributed by atoms with Crippen molar-refractivity contribution in [1.29, 1.82) is 0 Å². The number of halogens is 1. The number of rotatable bonds is 3. The molecule has 5 heteroatoms. The molecule has 1 heterocycles. The summed E-state index contributed by atoms with van der Waals surface area (Å²) in [6, 6.07) is 9.61. The number of nitrogens with zero attached hydrogens (tertiary/aromatic N) is 2. The lowest BCUT2D eigenvalue weighted by molar-refractivity contribution is 0.0945. The molecule has 2 aromatic rings. The number of aryl methyl sites for hydroxylation is 2. The van der Waals surface area contributed by atoms with Gasteiger partial charge in [0, 0.05) is 23.8 Å². The summed E-state index contributed by atoms with van der Waals surface area (Å²) < 4.78 is 2.71. The minimum absolute atomic E-state index is 0.151. The van der Waals surface area contributed by atoms with E-state index in [-0.39, 0.29) is 5.91 Å². The zero-order chi connectivity index (χ0) is 13.1. The average Bonchev–Trinajstić information content (AvgIpc) is 2.69. The molecule has 0 unspecified atom stereocenters. The maximum Gasteiger partial charge on any atom is 0.272 e. The highest BCUT2D eigenvalue weighted by atomic mass is 79.9. The first-order valence-corrected chi connectivity index (χ1v) is 6.39. The van der Waals surface area contributed by atoms with Crippen LogP contribution in [0.1, 0.15) is 21.7 Å². The molecule has 0 aliphatic rings. The summed E-state index contributed by atoms with van der Waals surface area (Å²) in [5, 5.41) is 6.98. The maximum atomic E-state index is 11.9. The first kappa shape index (κ1) is 12.8. The fourth-order valence-corrected chi connectivity index (χ4v) is 1.81. The molecule has 0 aliphatic carbocycles. The Hall–Kier alpha value is -1.62. The molecule has 4 nitrogen and oxygen atoms in total. The highest BCUT2D eigenvalue weighted by Crippen LogP contribution is 2.10. The van der Waals surface area contributed by atoms with Crippen LogP contribution in [0, 0.1) is 6.92 Å². The van der Waals surface area contributed by atoms with E-state index in [9.17, 15) is 4.79 Å². The molecule has 2 rings (SSSR count). The van der Waals surface area contributed by atoms with Gasteiger partial charge < -0.3 is 5.32 Å². The number of nitrogens with one attached hydrogen (secondary N) is 1. The van der Waals surface area contributed by atoms with Crippen molar-refractivity contribution in [3.05, 3.63) is 51.8 Å². The third kappa shape index (κ3) is 2.98. The Labute approximate surface area is 114 Å². The van der Waals surface area contributed by atoms with Gasteiger partial charge >= 0.3 is 0 Å². The molecule has 0 aliphatic heterocycles. The monoisotopic (exact) mass is 307 g/mol. The molecule has 18 heavy (non-hydrogen) atoms. The summed E-state index contributed by atoms with van der Waals surface area (Å²) in [6.45, 7) is 2.42. The van der Waals surface area contributed by atoms with E-state index in [4.69, 9.17) is 0 Å². The standard InChI is InChI=1S/C13H14BrN3O/c1-9-7-12(16-17(9)2)13(18)15-8-10-3-5-11(14)6-4-10/h3-7H,8H2,1-2H3,(H,15,18). The highest BCUT2D eigenvalue weighted by molar-refractivity contribution is 9.10. The van der Waals surface area contributed by atoms with Crippen LogP contribution in [0.15, 0.2) is 34.8 Å². The number of carbonyl (C=O) groups excluding carboxylic acids is 1. The first-order chi connectivity index (χ1) is 8.56. The second-order valence-corrected chi connectivity index (χ2v) is 5.02. The number of hydrogen-bond donors (Lipinski definition) is 1. The van der Waals surface area contributed by atoms with E-state index in [0.29, 0.717) is 12.2 Å². The predicted molar refractivity (Wildman–Crippen MR) is 73.3 cm³/mol. The van der Waals surface area contributed by atoms with Gasteiger partial charge in [0.1, 0.15) is 5.69 Å². The molecule has 0 saturated carbocycles. The van der Waals surface area contributed by atoms with Gasteiger partial charge in [0.25, 0.3) is 5.91 Å². The minimum Gasteiger partial charge on any atom is -0.347 e. The van der Waals surface area contributed by atoms with Crippen LogP contribution in [0.4, 0.5) is 0 Å². The number of amides is 1. The molecule has 0 radical (unpaired) electrons. The lowest BCUT2D eigenvalue weighted by Crippen LogP contribution is -2.23. The molecule has 1 aromatic carbocycles. The van der Waals surface area contributed by atoms with Gasteiger partial charge in [0.05, 0.1) is 0 Å². The van der Waals surface area contributed by atoms with Crippen molar-refractivity contribution < 1.29 is 4.79 Å². The zero-order valence-corrected chi connectivity index (χ0v) is 11.9. The van der Waals surface area contributed by atoms with Crippen LogP contribution < -0.4 is 5.32 Å². The average molecular weight is 308 g/mol. The van der Waals surface area contributed by atoms with E-state index >= 15 is 0 Å². The second-order valence-electron chi connectivity index (χ2n) is 4.10. The lowest BCUT2D eigenvalue weighted by Gasteiger charge is -2.03. The van der Waals surface area contributed by atoms with Crippen LogP contribution in [-0.2, 0) is 13.6 Å². The van der Waals surface area contributed by atoms with Crippen molar-refractivity contribution >= 4 is 21.8 Å². The Kier molecular flexibility index (Phi) is 3.81. The minimum atomic E-state index is -0.151. The van der Waals surface area contributed by atoms with Crippen LogP contribution in [0.2, 0.25) is 0 Å². The van der Waals surface area contributed by atoms with E-state index in [0.717, 1.165) is 15.7 Å². The molecule has 94 valence electrons. The molecule has 0 spiro atoms. The van der Waals surface area contributed by atoms with E-state index in [1.54, 1.807) is 10.7 Å². The number of aromatic nitrogens is 2. The van der Waals surface area contributed by atoms with Gasteiger partial charge in [-0.25, -0.2) is 0 Å². The number of hydrogen-bond acceptors (Lipinski definition) is 2. The molecule has 0 atom stereocenters. The summed E-state index contributed by atoms with van der Waals surface area (Å²) in [4.78, 5) is 11.9. The summed E-state index contributed by atoms with van der Waals surface area (Å²) in [5.41, 5.74) is 2.47. The summed E-state index contributed by atoms with van der Waals surface area (Å²) in [7, 11) is 1.82. The van der Waals surface area contributed by atoms with Crippen molar-refractivity contribution in [3.63, 3.8) is 0 Å². The van der Waals surface area contributed by atoms with Crippen LogP contribution in [-0.4, -0.2) is 15.7 Å². The number of carbonyl (C=O) groups is 1. The molecule has 1 aromatic heterocycles. The van der Waals surface area contributed by atoms with Crippen molar-refractivity contribution in [2.45, 2.75) is 13.5 Å². The SMILES string of the molecule is Cc1cc(C(=O)NCc2ccc(Br)cc2)nn1C. The second kappa shape index (κ2) is 5.35. The van der Waals surface area contributed by atoms with E-state index < -0.39 is 0 Å². The molecule has 1 amide bonds. The van der Waals surface area contributed by atoms with Gasteiger partial charge in [-0.15, -0.1) is 0 Å². The van der Waals surface area contributed by atoms with Crippen molar-refractivity contribution in [2.24, 2.45) is 7.05 Å². The van der Waals surface area contributed by atoms with E-state index in [1.807, 2.05) is 38.2 Å². The Morgan fingerprint density at radius 3 is 2.61 bits per heavy atom. The van der Waals surface area contributed by atoms with Crippen molar-refractivity contribution in [1.82, 2.24) is 15.1 Å². The molecule has 0 fully saturated rings. The Balaban J connectivity index is 1.98. The third-order valence-electron chi connectivity index (χ3n) is 2.71. The zero-order valence-electron chi connectivity index (χ0n) is 10.3. The predicted octanol–water partition coefficient (Wildman–Crippen LogP) is 2.42. The van der Waals surface area contributed by atoms with Crippen LogP contribution in [0.3, 0.4) is 0 Å². The molecule has 0 bridgehead atoms. The highest BCUT2D eigenvalue weighted by Gasteiger charge is 2.10. The Morgan fingerprint density at radius 1 is 1.39 bits per heavy atom. The van der Waals surface area contributed by atoms with E-state index in [1.165, 1.54) is 0 Å². The lowest BCUT2D eigenvalue weighted by atomic mass is 10.2. The van der Waals surface area contributed by atoms with Gasteiger partial charge in [0.2, 0.25) is 0 Å². The van der Waals surface area contributed by atoms with E-state index in [2.05, 4.69) is 26.3 Å². The smallest absolute Gasteiger partial charge is 0.272 e. The molecule has 0 saturated heterocycles. The molecular formula is C13H14BrN3O. The number of benzene rings is 1. The fourth-order valence-electron chi connectivity index (χ4n) is 1.55. The third-order valence-corrected chi connectivity index (χ3v) is 3.24. The van der Waals surface area contributed by atoms with Gasteiger partial charge in [-0.05, 0) is 30.7 Å². The van der Waals surface area contributed by atoms with Gasteiger partial charge in [-0.1, -0.05) is 28.1 Å². The summed E-state index contributed by atoms with van der Waals surface area (Å²) in [6.07, 6.45) is 0. The van der Waals surface area contributed by atoms with Crippen LogP contribution in [0.25, 0.3) is 0 Å². The van der Waals surface area contributed by atoms with Gasteiger partial charge in [-0.2, -0.15) is 5.10 Å². The maximum absolute atomic E-state index is 11.9. The van der Waals surface area contributed by atoms with Crippen molar-refractivity contribution in [3.8, 4) is 0 Å². The summed E-state index contributed by atoms with van der Waals surface area (Å²) >= 11 is 3.37. The van der Waals surface area contributed by atoms with Gasteiger partial charge in [-0.3, -0.25) is 9.48 Å². The molecule has 1 N–H and O–H groups in total. The largest absolute Gasteiger partial charge is 0.347 e. The first-order valence-electron chi connectivity index (χ1n) is 5.59.